The Morgan fingerprint density at radius 1 is 1.32 bits per heavy atom. The first-order valence-electron chi connectivity index (χ1n) is 8.70. The molecule has 4 heterocycles. The van der Waals surface area contributed by atoms with E-state index in [1.807, 2.05) is 22.4 Å². The van der Waals surface area contributed by atoms with Crippen LogP contribution in [-0.4, -0.2) is 53.0 Å². The van der Waals surface area contributed by atoms with E-state index in [0.717, 1.165) is 30.7 Å². The van der Waals surface area contributed by atoms with Crippen LogP contribution in [-0.2, 0) is 20.7 Å². The number of piperidine rings is 1. The molecule has 0 radical (unpaired) electrons. The Balaban J connectivity index is 1.36. The Morgan fingerprint density at radius 2 is 2.20 bits per heavy atom. The fourth-order valence-corrected chi connectivity index (χ4v) is 4.02. The van der Waals surface area contributed by atoms with Crippen molar-refractivity contribution in [2.45, 2.75) is 44.4 Å². The number of thiophene rings is 1. The van der Waals surface area contributed by atoms with Crippen molar-refractivity contribution in [3.63, 3.8) is 0 Å². The van der Waals surface area contributed by atoms with E-state index < -0.39 is 0 Å². The van der Waals surface area contributed by atoms with Gasteiger partial charge >= 0.3 is 0 Å². The average Bonchev–Trinajstić information content (AvgIpc) is 3.41. The molecule has 0 N–H and O–H groups in total. The molecule has 2 aliphatic heterocycles. The van der Waals surface area contributed by atoms with Gasteiger partial charge in [-0.1, -0.05) is 11.2 Å². The highest BCUT2D eigenvalue weighted by atomic mass is 32.1. The van der Waals surface area contributed by atoms with Gasteiger partial charge in [0.15, 0.2) is 6.29 Å². The molecule has 0 bridgehead atoms. The Labute approximate surface area is 149 Å². The van der Waals surface area contributed by atoms with Gasteiger partial charge in [-0.05, 0) is 30.7 Å². The molecule has 2 fully saturated rings. The van der Waals surface area contributed by atoms with Crippen LogP contribution in [0.4, 0.5) is 0 Å². The van der Waals surface area contributed by atoms with Crippen LogP contribution >= 0.6 is 11.3 Å². The number of likely N-dealkylation sites (tertiary alicyclic amines) is 1. The topological polar surface area (TPSA) is 77.7 Å². The number of rotatable bonds is 5. The van der Waals surface area contributed by atoms with Gasteiger partial charge in [0.1, 0.15) is 0 Å². The van der Waals surface area contributed by atoms with E-state index in [-0.39, 0.29) is 18.2 Å². The zero-order chi connectivity index (χ0) is 17.1. The summed E-state index contributed by atoms with van der Waals surface area (Å²) in [4.78, 5) is 20.0. The van der Waals surface area contributed by atoms with Crippen LogP contribution in [0, 0.1) is 0 Å². The molecule has 1 atom stereocenters. The first-order valence-corrected chi connectivity index (χ1v) is 9.58. The van der Waals surface area contributed by atoms with Crippen molar-refractivity contribution in [1.29, 1.82) is 0 Å². The molecular formula is C17H21N3O4S. The normalized spacial score (nSPS) is 21.8. The second-order valence-electron chi connectivity index (χ2n) is 6.25. The molecule has 1 amide bonds. The number of hydrogen-bond donors (Lipinski definition) is 0. The van der Waals surface area contributed by atoms with Crippen LogP contribution < -0.4 is 0 Å². The van der Waals surface area contributed by atoms with Crippen molar-refractivity contribution in [3.05, 3.63) is 23.4 Å². The maximum atomic E-state index is 12.7. The summed E-state index contributed by atoms with van der Waals surface area (Å²) in [5.41, 5.74) is 0. The van der Waals surface area contributed by atoms with Gasteiger partial charge in [0.2, 0.25) is 17.6 Å². The lowest BCUT2D eigenvalue weighted by Gasteiger charge is -2.38. The Kier molecular flexibility index (Phi) is 5.09. The maximum Gasteiger partial charge on any atom is 0.227 e. The predicted molar refractivity (Wildman–Crippen MR) is 91.0 cm³/mol. The SMILES string of the molecule is O=C(CCc1nc(-c2cccs2)no1)N1CCCCC1C1OCCO1. The highest BCUT2D eigenvalue weighted by Gasteiger charge is 2.36. The van der Waals surface area contributed by atoms with Crippen molar-refractivity contribution < 1.29 is 18.8 Å². The first kappa shape index (κ1) is 16.7. The zero-order valence-corrected chi connectivity index (χ0v) is 14.7. The first-order chi connectivity index (χ1) is 12.3. The third-order valence-corrected chi connectivity index (χ3v) is 5.46. The van der Waals surface area contributed by atoms with Crippen LogP contribution in [0.2, 0.25) is 0 Å². The molecular weight excluding hydrogens is 342 g/mol. The molecule has 2 saturated heterocycles. The number of carbonyl (C=O) groups is 1. The Bertz CT molecular complexity index is 697. The molecule has 0 aliphatic carbocycles. The summed E-state index contributed by atoms with van der Waals surface area (Å²) in [6.07, 6.45) is 3.59. The number of carbonyl (C=O) groups excluding carboxylic acids is 1. The molecule has 0 spiro atoms. The lowest BCUT2D eigenvalue weighted by Crippen LogP contribution is -2.50. The average molecular weight is 363 g/mol. The standard InChI is InChI=1S/C17H21N3O4S/c21-15(20-8-2-1-4-12(20)17-22-9-10-23-17)7-6-14-18-16(19-24-14)13-5-3-11-25-13/h3,5,11-12,17H,1-2,4,6-10H2. The van der Waals surface area contributed by atoms with Gasteiger partial charge in [-0.15, -0.1) is 11.3 Å². The minimum Gasteiger partial charge on any atom is -0.348 e. The number of aryl methyl sites for hydroxylation is 1. The second kappa shape index (κ2) is 7.63. The van der Waals surface area contributed by atoms with Crippen molar-refractivity contribution in [3.8, 4) is 10.7 Å². The summed E-state index contributed by atoms with van der Waals surface area (Å²) in [6, 6.07) is 3.92. The van der Waals surface area contributed by atoms with Crippen LogP contribution in [0.1, 0.15) is 31.6 Å². The fraction of sp³-hybridized carbons (Fsp3) is 0.588. The van der Waals surface area contributed by atoms with Crippen molar-refractivity contribution in [2.24, 2.45) is 0 Å². The predicted octanol–water partition coefficient (Wildman–Crippen LogP) is 2.48. The Morgan fingerprint density at radius 3 is 3.00 bits per heavy atom. The van der Waals surface area contributed by atoms with Gasteiger partial charge in [-0.3, -0.25) is 4.79 Å². The molecule has 4 rings (SSSR count). The molecule has 134 valence electrons. The van der Waals surface area contributed by atoms with E-state index in [1.54, 1.807) is 11.3 Å². The number of aromatic nitrogens is 2. The molecule has 1 unspecified atom stereocenters. The van der Waals surface area contributed by atoms with Crippen LogP contribution in [0.25, 0.3) is 10.7 Å². The van der Waals surface area contributed by atoms with E-state index in [1.165, 1.54) is 0 Å². The van der Waals surface area contributed by atoms with Gasteiger partial charge in [-0.25, -0.2) is 0 Å². The molecule has 2 aromatic rings. The van der Waals surface area contributed by atoms with Gasteiger partial charge in [0.25, 0.3) is 0 Å². The Hall–Kier alpha value is -1.77. The van der Waals surface area contributed by atoms with Crippen LogP contribution in [0.15, 0.2) is 22.0 Å². The van der Waals surface area contributed by atoms with Crippen molar-refractivity contribution >= 4 is 17.2 Å². The van der Waals surface area contributed by atoms with Crippen molar-refractivity contribution in [1.82, 2.24) is 15.0 Å². The van der Waals surface area contributed by atoms with Crippen LogP contribution in [0.3, 0.4) is 0 Å². The second-order valence-corrected chi connectivity index (χ2v) is 7.20. The largest absolute Gasteiger partial charge is 0.348 e. The molecule has 8 heteroatoms. The lowest BCUT2D eigenvalue weighted by molar-refractivity contribution is -0.150. The summed E-state index contributed by atoms with van der Waals surface area (Å²) >= 11 is 1.56. The quantitative estimate of drug-likeness (QED) is 0.812. The molecule has 0 aromatic carbocycles. The summed E-state index contributed by atoms with van der Waals surface area (Å²) in [5.74, 6) is 1.18. The highest BCUT2D eigenvalue weighted by molar-refractivity contribution is 7.13. The maximum absolute atomic E-state index is 12.7. The van der Waals surface area contributed by atoms with Gasteiger partial charge < -0.3 is 18.9 Å². The molecule has 2 aromatic heterocycles. The van der Waals surface area contributed by atoms with Crippen molar-refractivity contribution in [2.75, 3.05) is 19.8 Å². The minimum atomic E-state index is -0.280. The fourth-order valence-electron chi connectivity index (χ4n) is 3.37. The lowest BCUT2D eigenvalue weighted by atomic mass is 10.0. The number of ether oxygens (including phenoxy) is 2. The zero-order valence-electron chi connectivity index (χ0n) is 13.9. The van der Waals surface area contributed by atoms with Gasteiger partial charge in [0.05, 0.1) is 24.1 Å². The minimum absolute atomic E-state index is 0.0214. The third-order valence-electron chi connectivity index (χ3n) is 4.59. The highest BCUT2D eigenvalue weighted by Crippen LogP contribution is 2.26. The molecule has 7 nitrogen and oxygen atoms in total. The smallest absolute Gasteiger partial charge is 0.227 e. The number of hydrogen-bond acceptors (Lipinski definition) is 7. The summed E-state index contributed by atoms with van der Waals surface area (Å²) in [6.45, 7) is 1.98. The monoisotopic (exact) mass is 363 g/mol. The van der Waals surface area contributed by atoms with Gasteiger partial charge in [0, 0.05) is 19.4 Å². The number of nitrogens with zero attached hydrogens (tertiary/aromatic N) is 3. The van der Waals surface area contributed by atoms with E-state index in [0.29, 0.717) is 37.8 Å². The molecule has 0 saturated carbocycles. The van der Waals surface area contributed by atoms with Gasteiger partial charge in [-0.2, -0.15) is 4.98 Å². The van der Waals surface area contributed by atoms with E-state index in [4.69, 9.17) is 14.0 Å². The van der Waals surface area contributed by atoms with E-state index in [9.17, 15) is 4.79 Å². The molecule has 25 heavy (non-hydrogen) atoms. The summed E-state index contributed by atoms with van der Waals surface area (Å²) in [7, 11) is 0. The third kappa shape index (κ3) is 3.75. The summed E-state index contributed by atoms with van der Waals surface area (Å²) < 4.78 is 16.5. The van der Waals surface area contributed by atoms with Crippen LogP contribution in [0.5, 0.6) is 0 Å². The summed E-state index contributed by atoms with van der Waals surface area (Å²) in [5, 5.41) is 5.96. The van der Waals surface area contributed by atoms with E-state index in [2.05, 4.69) is 10.1 Å². The number of amides is 1. The molecule has 2 aliphatic rings. The van der Waals surface area contributed by atoms with E-state index >= 15 is 0 Å².